The minimum Gasteiger partial charge on any atom is -0.475 e. The van der Waals surface area contributed by atoms with Crippen molar-refractivity contribution >= 4 is 45.7 Å². The van der Waals surface area contributed by atoms with Gasteiger partial charge >= 0.3 is 12.1 Å². The second kappa shape index (κ2) is 13.0. The number of aliphatic carboxylic acids is 1. The molecule has 1 unspecified atom stereocenters. The molecule has 1 atom stereocenters. The van der Waals surface area contributed by atoms with Crippen LogP contribution in [0.4, 0.5) is 30.4 Å². The van der Waals surface area contributed by atoms with Crippen LogP contribution in [0, 0.1) is 0 Å². The van der Waals surface area contributed by atoms with Gasteiger partial charge in [0.15, 0.2) is 0 Å². The van der Waals surface area contributed by atoms with E-state index in [0.29, 0.717) is 24.6 Å². The molecule has 7 N–H and O–H groups in total. The Morgan fingerprint density at radius 2 is 1.69 bits per heavy atom. The lowest BCUT2D eigenvalue weighted by atomic mass is 10.0. The number of carbonyl (C=O) groups excluding carboxylic acids is 2. The standard InChI is InChI=1S/C27H26N6O2.C2HF3O2/c28-26-23-9-8-22(13-20(23)10-11-30-26)33-25-19-6-4-17(5-7-19)14-29-16-24(34)32-21-3-1-2-18(12-21)15-31-27(25)35;3-2(4,5)1(6)7/h1-13,25,29,33H,14-16H2,(H2,28,30)(H,31,35)(H,32,34);(H,6,7). The highest BCUT2D eigenvalue weighted by Crippen LogP contribution is 2.26. The van der Waals surface area contributed by atoms with Gasteiger partial charge in [0.2, 0.25) is 11.8 Å². The third kappa shape index (κ3) is 7.95. The zero-order chi connectivity index (χ0) is 30.3. The van der Waals surface area contributed by atoms with Gasteiger partial charge in [-0.3, -0.25) is 9.59 Å². The first-order valence-corrected chi connectivity index (χ1v) is 12.7. The minimum absolute atomic E-state index is 0.118. The number of fused-ring (bicyclic) bond motifs is 10. The maximum atomic E-state index is 13.4. The van der Waals surface area contributed by atoms with Crippen LogP contribution in [-0.2, 0) is 27.5 Å². The second-order valence-electron chi connectivity index (χ2n) is 9.32. The van der Waals surface area contributed by atoms with E-state index in [1.54, 1.807) is 6.20 Å². The number of halogens is 3. The quantitative estimate of drug-likeness (QED) is 0.208. The first kappa shape index (κ1) is 29.8. The van der Waals surface area contributed by atoms with Gasteiger partial charge in [0.25, 0.3) is 0 Å². The van der Waals surface area contributed by atoms with Crippen LogP contribution in [0.3, 0.4) is 0 Å². The van der Waals surface area contributed by atoms with Crippen LogP contribution in [0.15, 0.2) is 79.0 Å². The summed E-state index contributed by atoms with van der Waals surface area (Å²) < 4.78 is 31.7. The van der Waals surface area contributed by atoms with Gasteiger partial charge in [-0.1, -0.05) is 36.4 Å². The number of nitrogens with zero attached hydrogens (tertiary/aromatic N) is 1. The monoisotopic (exact) mass is 580 g/mol. The Morgan fingerprint density at radius 3 is 2.40 bits per heavy atom. The van der Waals surface area contributed by atoms with E-state index in [4.69, 9.17) is 15.6 Å². The van der Waals surface area contributed by atoms with Crippen LogP contribution < -0.4 is 27.0 Å². The molecule has 0 radical (unpaired) electrons. The molecular weight excluding hydrogens is 553 g/mol. The zero-order valence-electron chi connectivity index (χ0n) is 22.0. The summed E-state index contributed by atoms with van der Waals surface area (Å²) in [6, 6.07) is 22.3. The molecule has 42 heavy (non-hydrogen) atoms. The third-order valence-electron chi connectivity index (χ3n) is 6.22. The van der Waals surface area contributed by atoms with Crippen LogP contribution in [0.2, 0.25) is 0 Å². The molecule has 218 valence electrons. The summed E-state index contributed by atoms with van der Waals surface area (Å²) in [5.41, 5.74) is 10.2. The summed E-state index contributed by atoms with van der Waals surface area (Å²) in [6.07, 6.45) is -3.41. The predicted octanol–water partition coefficient (Wildman–Crippen LogP) is 3.96. The normalized spacial score (nSPS) is 15.6. The number of benzene rings is 3. The molecule has 2 aliphatic rings. The number of nitrogen functional groups attached to an aromatic ring is 1. The van der Waals surface area contributed by atoms with E-state index >= 15 is 0 Å². The Kier molecular flexibility index (Phi) is 9.22. The highest BCUT2D eigenvalue weighted by atomic mass is 19.4. The minimum atomic E-state index is -5.08. The number of anilines is 3. The van der Waals surface area contributed by atoms with Crippen molar-refractivity contribution in [3.63, 3.8) is 0 Å². The van der Waals surface area contributed by atoms with E-state index in [0.717, 1.165) is 33.2 Å². The molecule has 1 aromatic heterocycles. The lowest BCUT2D eigenvalue weighted by Gasteiger charge is -2.21. The van der Waals surface area contributed by atoms with Gasteiger partial charge in [0.1, 0.15) is 11.9 Å². The molecular formula is C29H27F3N6O4. The molecule has 3 heterocycles. The summed E-state index contributed by atoms with van der Waals surface area (Å²) in [5.74, 6) is -2.56. The number of carboxylic acid groups (broad SMARTS) is 1. The van der Waals surface area contributed by atoms with Crippen molar-refractivity contribution < 1.29 is 32.7 Å². The smallest absolute Gasteiger partial charge is 0.475 e. The van der Waals surface area contributed by atoms with Crippen LogP contribution in [0.25, 0.3) is 10.8 Å². The summed E-state index contributed by atoms with van der Waals surface area (Å²) >= 11 is 0. The average Bonchev–Trinajstić information content (AvgIpc) is 2.95. The Morgan fingerprint density at radius 1 is 0.952 bits per heavy atom. The molecule has 0 saturated carbocycles. The lowest BCUT2D eigenvalue weighted by Crippen LogP contribution is -2.33. The fourth-order valence-electron chi connectivity index (χ4n) is 4.16. The summed E-state index contributed by atoms with van der Waals surface area (Å²) in [5, 5.41) is 21.4. The molecule has 4 bridgehead atoms. The number of hydrogen-bond acceptors (Lipinski definition) is 7. The number of nitrogens with one attached hydrogen (secondary N) is 4. The molecule has 13 heteroatoms. The predicted molar refractivity (Wildman–Crippen MR) is 151 cm³/mol. The second-order valence-corrected chi connectivity index (χ2v) is 9.32. The largest absolute Gasteiger partial charge is 0.490 e. The molecule has 3 aromatic carbocycles. The average molecular weight is 581 g/mol. The van der Waals surface area contributed by atoms with Crippen molar-refractivity contribution in [3.8, 4) is 0 Å². The highest BCUT2D eigenvalue weighted by molar-refractivity contribution is 5.94. The number of carbonyl (C=O) groups is 3. The van der Waals surface area contributed by atoms with E-state index in [1.165, 1.54) is 0 Å². The molecule has 10 nitrogen and oxygen atoms in total. The van der Waals surface area contributed by atoms with Crippen molar-refractivity contribution in [2.24, 2.45) is 0 Å². The van der Waals surface area contributed by atoms with Gasteiger partial charge in [-0.15, -0.1) is 0 Å². The molecule has 0 spiro atoms. The van der Waals surface area contributed by atoms with Crippen molar-refractivity contribution in [1.82, 2.24) is 15.6 Å². The van der Waals surface area contributed by atoms with Crippen molar-refractivity contribution in [1.29, 1.82) is 0 Å². The van der Waals surface area contributed by atoms with Gasteiger partial charge in [-0.05, 0) is 58.5 Å². The summed E-state index contributed by atoms with van der Waals surface area (Å²) in [4.78, 5) is 38.7. The van der Waals surface area contributed by atoms with E-state index in [9.17, 15) is 22.8 Å². The Balaban J connectivity index is 0.000000517. The zero-order valence-corrected chi connectivity index (χ0v) is 22.0. The SMILES string of the molecule is Nc1nccc2cc(NC3C(=O)NCc4cccc(c4)NC(=O)CNCc4ccc3cc4)ccc12.O=C(O)C(F)(F)F. The first-order chi connectivity index (χ1) is 20.0. The number of alkyl halides is 3. The Hall–Kier alpha value is -5.17. The number of aromatic nitrogens is 1. The molecule has 0 aliphatic carbocycles. The summed E-state index contributed by atoms with van der Waals surface area (Å²) in [6.45, 7) is 1.07. The Bertz CT molecular complexity index is 1590. The fraction of sp³-hybridized carbons (Fsp3) is 0.172. The van der Waals surface area contributed by atoms with Crippen LogP contribution in [-0.4, -0.2) is 40.6 Å². The van der Waals surface area contributed by atoms with Gasteiger partial charge in [-0.2, -0.15) is 13.2 Å². The topological polar surface area (TPSA) is 158 Å². The first-order valence-electron chi connectivity index (χ1n) is 12.7. The van der Waals surface area contributed by atoms with Crippen molar-refractivity contribution in [2.75, 3.05) is 22.9 Å². The van der Waals surface area contributed by atoms with Gasteiger partial charge in [0, 0.05) is 36.0 Å². The van der Waals surface area contributed by atoms with E-state index in [2.05, 4.69) is 26.3 Å². The number of pyridine rings is 1. The number of hydrogen-bond donors (Lipinski definition) is 6. The molecule has 0 saturated heterocycles. The maximum absolute atomic E-state index is 13.4. The van der Waals surface area contributed by atoms with Crippen LogP contribution in [0.1, 0.15) is 22.7 Å². The molecule has 0 fully saturated rings. The third-order valence-corrected chi connectivity index (χ3v) is 6.22. The van der Waals surface area contributed by atoms with E-state index in [1.807, 2.05) is 72.8 Å². The Labute approximate surface area is 238 Å². The highest BCUT2D eigenvalue weighted by Gasteiger charge is 2.38. The van der Waals surface area contributed by atoms with Gasteiger partial charge < -0.3 is 32.1 Å². The molecule has 6 rings (SSSR count). The van der Waals surface area contributed by atoms with E-state index < -0.39 is 18.2 Å². The van der Waals surface area contributed by atoms with E-state index in [-0.39, 0.29) is 18.4 Å². The molecule has 2 aliphatic heterocycles. The van der Waals surface area contributed by atoms with Crippen molar-refractivity contribution in [2.45, 2.75) is 25.3 Å². The summed E-state index contributed by atoms with van der Waals surface area (Å²) in [7, 11) is 0. The fourth-order valence-corrected chi connectivity index (χ4v) is 4.16. The number of carboxylic acids is 1. The maximum Gasteiger partial charge on any atom is 0.490 e. The van der Waals surface area contributed by atoms with Crippen molar-refractivity contribution in [3.05, 3.63) is 95.7 Å². The molecule has 4 aromatic rings. The number of rotatable bonds is 2. The van der Waals surface area contributed by atoms with Gasteiger partial charge in [-0.25, -0.2) is 9.78 Å². The van der Waals surface area contributed by atoms with Gasteiger partial charge in [0.05, 0.1) is 6.54 Å². The number of amides is 2. The molecule has 2 amide bonds. The number of nitrogens with two attached hydrogens (primary N) is 1. The van der Waals surface area contributed by atoms with Crippen LogP contribution in [0.5, 0.6) is 0 Å². The van der Waals surface area contributed by atoms with Crippen LogP contribution >= 0.6 is 0 Å². The lowest BCUT2D eigenvalue weighted by molar-refractivity contribution is -0.192.